The van der Waals surface area contributed by atoms with Gasteiger partial charge in [-0.25, -0.2) is 9.13 Å². The Kier molecular flexibility index (Phi) is 5.16. The van der Waals surface area contributed by atoms with Crippen LogP contribution >= 0.6 is 7.92 Å². The van der Waals surface area contributed by atoms with Gasteiger partial charge in [-0.3, -0.25) is 0 Å². The van der Waals surface area contributed by atoms with E-state index >= 15 is 0 Å². The molecule has 0 unspecified atom stereocenters. The van der Waals surface area contributed by atoms with Crippen molar-refractivity contribution in [2.45, 2.75) is 27.3 Å². The summed E-state index contributed by atoms with van der Waals surface area (Å²) in [5.41, 5.74) is 2.74. The van der Waals surface area contributed by atoms with E-state index in [0.717, 1.165) is 6.54 Å². The molecule has 0 fully saturated rings. The van der Waals surface area contributed by atoms with Crippen molar-refractivity contribution < 1.29 is 4.57 Å². The summed E-state index contributed by atoms with van der Waals surface area (Å²) in [7, 11) is 1.83. The maximum atomic E-state index is 2.47. The second-order valence-corrected chi connectivity index (χ2v) is 8.59. The molecular weight excluding hydrogens is 311 g/mol. The molecule has 0 N–H and O–H groups in total. The summed E-state index contributed by atoms with van der Waals surface area (Å²) in [5, 5.41) is 2.92. The number of benzene rings is 2. The van der Waals surface area contributed by atoms with Crippen molar-refractivity contribution in [3.05, 3.63) is 77.9 Å². The molecule has 24 heavy (non-hydrogen) atoms. The summed E-state index contributed by atoms with van der Waals surface area (Å²) in [6.45, 7) is 7.72. The van der Waals surface area contributed by atoms with Crippen LogP contribution in [0.2, 0.25) is 0 Å². The average Bonchev–Trinajstić information content (AvgIpc) is 2.81. The van der Waals surface area contributed by atoms with E-state index in [0.29, 0.717) is 0 Å². The lowest BCUT2D eigenvalue weighted by molar-refractivity contribution is -0.683. The molecule has 124 valence electrons. The zero-order valence-corrected chi connectivity index (χ0v) is 15.9. The van der Waals surface area contributed by atoms with Crippen molar-refractivity contribution in [1.29, 1.82) is 0 Å². The molecule has 2 nitrogen and oxygen atoms in total. The number of aromatic nitrogens is 2. The van der Waals surface area contributed by atoms with Gasteiger partial charge in [0.15, 0.2) is 0 Å². The third kappa shape index (κ3) is 3.30. The predicted octanol–water partition coefficient (Wildman–Crippen LogP) is 3.37. The van der Waals surface area contributed by atoms with Gasteiger partial charge in [0.25, 0.3) is 5.82 Å². The summed E-state index contributed by atoms with van der Waals surface area (Å²) < 4.78 is 4.76. The minimum atomic E-state index is -0.330. The van der Waals surface area contributed by atoms with Crippen molar-refractivity contribution in [2.24, 2.45) is 7.05 Å². The fraction of sp³-hybridized carbons (Fsp3) is 0.286. The van der Waals surface area contributed by atoms with Crippen molar-refractivity contribution >= 4 is 18.5 Å². The second-order valence-electron chi connectivity index (χ2n) is 6.25. The van der Waals surface area contributed by atoms with Gasteiger partial charge in [0.1, 0.15) is 11.4 Å². The number of imidazole rings is 1. The average molecular weight is 337 g/mol. The lowest BCUT2D eigenvalue weighted by atomic mass is 10.4. The van der Waals surface area contributed by atoms with Crippen molar-refractivity contribution in [2.75, 3.05) is 6.16 Å². The van der Waals surface area contributed by atoms with Gasteiger partial charge in [-0.2, -0.15) is 0 Å². The summed E-state index contributed by atoms with van der Waals surface area (Å²) >= 11 is 0. The molecule has 0 amide bonds. The molecule has 1 aromatic heterocycles. The lowest BCUT2D eigenvalue weighted by Gasteiger charge is -2.18. The quantitative estimate of drug-likeness (QED) is 0.499. The van der Waals surface area contributed by atoms with E-state index in [1.54, 1.807) is 0 Å². The Hall–Kier alpha value is -1.92. The van der Waals surface area contributed by atoms with Gasteiger partial charge in [-0.05, 0) is 18.5 Å². The third-order valence-electron chi connectivity index (χ3n) is 4.99. The molecule has 0 aliphatic rings. The Labute approximate surface area is 146 Å². The highest BCUT2D eigenvalue weighted by Gasteiger charge is 2.21. The number of nitrogens with zero attached hydrogens (tertiary/aromatic N) is 2. The molecule has 0 radical (unpaired) electrons. The first-order chi connectivity index (χ1) is 11.6. The molecule has 3 aromatic rings. The zero-order valence-electron chi connectivity index (χ0n) is 15.0. The van der Waals surface area contributed by atoms with E-state index in [2.05, 4.69) is 97.6 Å². The van der Waals surface area contributed by atoms with Crippen LogP contribution in [-0.2, 0) is 13.6 Å². The smallest absolute Gasteiger partial charge is 0.234 e. The molecule has 0 aliphatic carbocycles. The van der Waals surface area contributed by atoms with Crippen LogP contribution in [0.3, 0.4) is 0 Å². The first-order valence-electron chi connectivity index (χ1n) is 8.49. The predicted molar refractivity (Wildman–Crippen MR) is 104 cm³/mol. The van der Waals surface area contributed by atoms with Crippen molar-refractivity contribution in [3.8, 4) is 0 Å². The maximum absolute atomic E-state index is 2.47. The standard InChI is InChI=1S/C21H26N2P/c1-17-18(2)23(19(3)22(17)4)15-16-24(20-11-7-5-8-12-20)21-13-9-6-10-14-21/h5-14H,15-16H2,1-4H3/q+1. The maximum Gasteiger partial charge on any atom is 0.253 e. The molecule has 0 saturated heterocycles. The molecule has 2 aromatic carbocycles. The molecular formula is C21H26N2P+. The van der Waals surface area contributed by atoms with E-state index < -0.39 is 0 Å². The molecule has 0 aliphatic heterocycles. The van der Waals surface area contributed by atoms with Gasteiger partial charge in [0.05, 0.1) is 13.6 Å². The number of hydrogen-bond donors (Lipinski definition) is 0. The summed E-state index contributed by atoms with van der Waals surface area (Å²) in [6, 6.07) is 21.9. The third-order valence-corrected chi connectivity index (χ3v) is 7.48. The van der Waals surface area contributed by atoms with Crippen molar-refractivity contribution in [1.82, 2.24) is 4.57 Å². The molecule has 0 saturated carbocycles. The zero-order chi connectivity index (χ0) is 17.1. The van der Waals surface area contributed by atoms with Crippen LogP contribution < -0.4 is 15.2 Å². The van der Waals surface area contributed by atoms with E-state index in [-0.39, 0.29) is 7.92 Å². The van der Waals surface area contributed by atoms with E-state index in [1.165, 1.54) is 34.0 Å². The van der Waals surface area contributed by atoms with Crippen LogP contribution in [0, 0.1) is 20.8 Å². The second kappa shape index (κ2) is 7.32. The van der Waals surface area contributed by atoms with Gasteiger partial charge in [0, 0.05) is 26.9 Å². The van der Waals surface area contributed by atoms with Gasteiger partial charge >= 0.3 is 0 Å². The summed E-state index contributed by atoms with van der Waals surface area (Å²) in [4.78, 5) is 0. The highest BCUT2D eigenvalue weighted by atomic mass is 31.1. The normalized spacial score (nSPS) is 11.2. The number of hydrogen-bond acceptors (Lipinski definition) is 0. The highest BCUT2D eigenvalue weighted by Crippen LogP contribution is 2.33. The molecule has 0 spiro atoms. The van der Waals surface area contributed by atoms with Gasteiger partial charge < -0.3 is 0 Å². The highest BCUT2D eigenvalue weighted by molar-refractivity contribution is 7.73. The van der Waals surface area contributed by atoms with Crippen LogP contribution in [0.1, 0.15) is 17.2 Å². The Balaban J connectivity index is 1.90. The van der Waals surface area contributed by atoms with E-state index in [1.807, 2.05) is 0 Å². The largest absolute Gasteiger partial charge is 0.253 e. The van der Waals surface area contributed by atoms with Crippen LogP contribution in [0.25, 0.3) is 0 Å². The number of rotatable bonds is 5. The fourth-order valence-electron chi connectivity index (χ4n) is 3.26. The van der Waals surface area contributed by atoms with Crippen molar-refractivity contribution in [3.63, 3.8) is 0 Å². The minimum Gasteiger partial charge on any atom is -0.234 e. The van der Waals surface area contributed by atoms with Gasteiger partial charge in [0.2, 0.25) is 0 Å². The first-order valence-corrected chi connectivity index (χ1v) is 10.0. The van der Waals surface area contributed by atoms with Gasteiger partial charge in [-0.15, -0.1) is 0 Å². The summed E-state index contributed by atoms with van der Waals surface area (Å²) in [6.07, 6.45) is 1.17. The monoisotopic (exact) mass is 337 g/mol. The minimum absolute atomic E-state index is 0.330. The molecule has 0 bridgehead atoms. The van der Waals surface area contributed by atoms with Crippen LogP contribution in [0.5, 0.6) is 0 Å². The molecule has 1 heterocycles. The Bertz CT molecular complexity index is 742. The molecule has 0 atom stereocenters. The fourth-order valence-corrected chi connectivity index (χ4v) is 5.54. The van der Waals surface area contributed by atoms with Gasteiger partial charge in [-0.1, -0.05) is 60.7 Å². The van der Waals surface area contributed by atoms with E-state index in [4.69, 9.17) is 0 Å². The lowest BCUT2D eigenvalue weighted by Crippen LogP contribution is -2.33. The molecule has 3 rings (SSSR count). The topological polar surface area (TPSA) is 8.81 Å². The Morgan fingerprint density at radius 2 is 1.33 bits per heavy atom. The van der Waals surface area contributed by atoms with E-state index in [9.17, 15) is 0 Å². The van der Waals surface area contributed by atoms with Crippen LogP contribution in [0.4, 0.5) is 0 Å². The van der Waals surface area contributed by atoms with Crippen LogP contribution in [-0.4, -0.2) is 10.7 Å². The molecule has 3 heteroatoms. The Morgan fingerprint density at radius 3 is 1.75 bits per heavy atom. The van der Waals surface area contributed by atoms with Crippen LogP contribution in [0.15, 0.2) is 60.7 Å². The SMILES string of the molecule is Cc1c(C)[n+](C)c(C)n1CCP(c1ccccc1)c1ccccc1. The Morgan fingerprint density at radius 1 is 0.833 bits per heavy atom. The summed E-state index contributed by atoms with van der Waals surface area (Å²) in [5.74, 6) is 1.33. The first kappa shape index (κ1) is 16.9.